The number of hydrogen-bond donors (Lipinski definition) is 1. The van der Waals surface area contributed by atoms with Crippen LogP contribution in [-0.4, -0.2) is 28.0 Å². The summed E-state index contributed by atoms with van der Waals surface area (Å²) >= 11 is 0. The van der Waals surface area contributed by atoms with Crippen LogP contribution in [0.3, 0.4) is 0 Å². The number of anilines is 1. The molecule has 1 amide bonds. The van der Waals surface area contributed by atoms with E-state index in [9.17, 15) is 14.7 Å². The van der Waals surface area contributed by atoms with Gasteiger partial charge in [-0.1, -0.05) is 50.2 Å². The third kappa shape index (κ3) is 4.47. The van der Waals surface area contributed by atoms with Gasteiger partial charge in [-0.05, 0) is 61.2 Å². The van der Waals surface area contributed by atoms with E-state index in [0.29, 0.717) is 29.5 Å². The molecule has 0 radical (unpaired) electrons. The summed E-state index contributed by atoms with van der Waals surface area (Å²) in [7, 11) is 1.93. The fraction of sp³-hybridized carbons (Fsp3) is 0.250. The highest BCUT2D eigenvalue weighted by Crippen LogP contribution is 2.45. The molecule has 1 N–H and O–H groups in total. The van der Waals surface area contributed by atoms with Crippen LogP contribution in [0.4, 0.5) is 5.69 Å². The number of rotatable bonds is 6. The molecular weight excluding hydrogens is 476 g/mol. The van der Waals surface area contributed by atoms with Gasteiger partial charge in [0, 0.05) is 41.0 Å². The Labute approximate surface area is 222 Å². The minimum Gasteiger partial charge on any atom is -0.507 e. The number of para-hydroxylation sites is 1. The second-order valence-corrected chi connectivity index (χ2v) is 10.5. The Kier molecular flexibility index (Phi) is 6.57. The maximum absolute atomic E-state index is 13.7. The highest BCUT2D eigenvalue weighted by molar-refractivity contribution is 6.52. The summed E-state index contributed by atoms with van der Waals surface area (Å²) in [6.07, 6.45) is 1.94. The van der Waals surface area contributed by atoms with Gasteiger partial charge in [0.25, 0.3) is 11.7 Å². The molecule has 1 aliphatic rings. The van der Waals surface area contributed by atoms with Crippen LogP contribution < -0.4 is 9.64 Å². The second kappa shape index (κ2) is 9.86. The lowest BCUT2D eigenvalue weighted by Crippen LogP contribution is -2.29. The van der Waals surface area contributed by atoms with Crippen LogP contribution in [0.25, 0.3) is 16.7 Å². The second-order valence-electron chi connectivity index (χ2n) is 10.5. The van der Waals surface area contributed by atoms with Gasteiger partial charge in [-0.25, -0.2) is 0 Å². The quantitative estimate of drug-likeness (QED) is 0.184. The van der Waals surface area contributed by atoms with Crippen molar-refractivity contribution in [2.24, 2.45) is 13.0 Å². The normalized spacial score (nSPS) is 17.1. The lowest BCUT2D eigenvalue weighted by atomic mass is 9.94. The van der Waals surface area contributed by atoms with E-state index in [2.05, 4.69) is 13.8 Å². The van der Waals surface area contributed by atoms with E-state index in [4.69, 9.17) is 4.74 Å². The van der Waals surface area contributed by atoms with Crippen molar-refractivity contribution in [3.8, 4) is 5.75 Å². The summed E-state index contributed by atoms with van der Waals surface area (Å²) < 4.78 is 7.84. The lowest BCUT2D eigenvalue weighted by molar-refractivity contribution is -0.132. The van der Waals surface area contributed by atoms with E-state index >= 15 is 0 Å². The van der Waals surface area contributed by atoms with Gasteiger partial charge < -0.3 is 14.4 Å². The fourth-order valence-corrected chi connectivity index (χ4v) is 5.23. The van der Waals surface area contributed by atoms with E-state index < -0.39 is 17.7 Å². The van der Waals surface area contributed by atoms with Crippen LogP contribution >= 0.6 is 0 Å². The topological polar surface area (TPSA) is 71.8 Å². The summed E-state index contributed by atoms with van der Waals surface area (Å²) in [6.45, 7) is 8.56. The van der Waals surface area contributed by atoms with Gasteiger partial charge in [-0.15, -0.1) is 0 Å². The Morgan fingerprint density at radius 3 is 2.39 bits per heavy atom. The molecule has 1 fully saturated rings. The Balaban J connectivity index is 1.74. The molecule has 1 aliphatic heterocycles. The van der Waals surface area contributed by atoms with Crippen LogP contribution in [0, 0.1) is 19.8 Å². The van der Waals surface area contributed by atoms with E-state index in [1.165, 1.54) is 4.90 Å². The van der Waals surface area contributed by atoms with Crippen LogP contribution in [0.15, 0.2) is 78.5 Å². The molecule has 3 aromatic carbocycles. The van der Waals surface area contributed by atoms with Crippen LogP contribution in [0.1, 0.15) is 42.1 Å². The number of fused-ring (bicyclic) bond motifs is 1. The molecular formula is C32H32N2O4. The number of amides is 1. The molecule has 38 heavy (non-hydrogen) atoms. The SMILES string of the molecule is Cc1cc(C)cc(N2C(=O)C(=O)/C(=C(/O)c3cccc(OCC(C)C)c3)C2c2cn(C)c3ccccc23)c1. The minimum absolute atomic E-state index is 0.0616. The van der Waals surface area contributed by atoms with E-state index in [1.54, 1.807) is 18.2 Å². The summed E-state index contributed by atoms with van der Waals surface area (Å²) in [6, 6.07) is 19.9. The molecule has 4 aromatic rings. The third-order valence-corrected chi connectivity index (χ3v) is 6.84. The summed E-state index contributed by atoms with van der Waals surface area (Å²) in [5, 5.41) is 12.5. The molecule has 194 valence electrons. The standard InChI is InChI=1S/C32H32N2O4/c1-19(2)18-38-24-10-8-9-22(16-24)30(35)28-29(26-17-33(5)27-12-7-6-11-25(26)27)34(32(37)31(28)36)23-14-20(3)13-21(4)15-23/h6-17,19,29,35H,18H2,1-5H3/b30-28+. The average molecular weight is 509 g/mol. The van der Waals surface area contributed by atoms with Crippen molar-refractivity contribution >= 4 is 34.0 Å². The zero-order valence-corrected chi connectivity index (χ0v) is 22.4. The smallest absolute Gasteiger partial charge is 0.300 e. The Hall–Kier alpha value is -4.32. The van der Waals surface area contributed by atoms with Crippen LogP contribution in [-0.2, 0) is 16.6 Å². The predicted octanol–water partition coefficient (Wildman–Crippen LogP) is 6.46. The average Bonchev–Trinajstić information content (AvgIpc) is 3.35. The summed E-state index contributed by atoms with van der Waals surface area (Å²) in [5.74, 6) is -0.673. The molecule has 1 saturated heterocycles. The zero-order valence-electron chi connectivity index (χ0n) is 22.4. The van der Waals surface area contributed by atoms with Crippen molar-refractivity contribution in [3.05, 3.63) is 101 Å². The van der Waals surface area contributed by atoms with Gasteiger partial charge in [0.1, 0.15) is 11.5 Å². The fourth-order valence-electron chi connectivity index (χ4n) is 5.23. The van der Waals surface area contributed by atoms with Crippen molar-refractivity contribution in [3.63, 3.8) is 0 Å². The Morgan fingerprint density at radius 2 is 1.68 bits per heavy atom. The van der Waals surface area contributed by atoms with E-state index in [1.807, 2.05) is 80.2 Å². The van der Waals surface area contributed by atoms with Gasteiger partial charge in [-0.3, -0.25) is 14.5 Å². The van der Waals surface area contributed by atoms with E-state index in [0.717, 1.165) is 27.6 Å². The number of nitrogens with zero attached hydrogens (tertiary/aromatic N) is 2. The Morgan fingerprint density at radius 1 is 0.974 bits per heavy atom. The third-order valence-electron chi connectivity index (χ3n) is 6.84. The van der Waals surface area contributed by atoms with Crippen molar-refractivity contribution in [1.29, 1.82) is 0 Å². The molecule has 0 aliphatic carbocycles. The number of aromatic nitrogens is 1. The lowest BCUT2D eigenvalue weighted by Gasteiger charge is -2.25. The van der Waals surface area contributed by atoms with Gasteiger partial charge in [-0.2, -0.15) is 0 Å². The largest absolute Gasteiger partial charge is 0.507 e. The van der Waals surface area contributed by atoms with Crippen LogP contribution in [0.5, 0.6) is 5.75 Å². The number of aryl methyl sites for hydroxylation is 3. The predicted molar refractivity (Wildman–Crippen MR) is 150 cm³/mol. The monoisotopic (exact) mass is 508 g/mol. The number of benzene rings is 3. The maximum Gasteiger partial charge on any atom is 0.300 e. The van der Waals surface area contributed by atoms with Gasteiger partial charge >= 0.3 is 0 Å². The molecule has 0 bridgehead atoms. The number of aliphatic hydroxyl groups excluding tert-OH is 1. The summed E-state index contributed by atoms with van der Waals surface area (Å²) in [4.78, 5) is 28.8. The van der Waals surface area contributed by atoms with Crippen molar-refractivity contribution in [2.75, 3.05) is 11.5 Å². The summed E-state index contributed by atoms with van der Waals surface area (Å²) in [5.41, 5.74) is 4.81. The first-order valence-electron chi connectivity index (χ1n) is 12.8. The molecule has 1 unspecified atom stereocenters. The molecule has 1 aromatic heterocycles. The molecule has 5 rings (SSSR count). The molecule has 0 saturated carbocycles. The van der Waals surface area contributed by atoms with E-state index in [-0.39, 0.29) is 11.3 Å². The van der Waals surface area contributed by atoms with Crippen LogP contribution in [0.2, 0.25) is 0 Å². The maximum atomic E-state index is 13.7. The number of ketones is 1. The first-order valence-corrected chi connectivity index (χ1v) is 12.8. The molecule has 0 spiro atoms. The number of ether oxygens (including phenoxy) is 1. The number of hydrogen-bond acceptors (Lipinski definition) is 4. The van der Waals surface area contributed by atoms with Gasteiger partial charge in [0.2, 0.25) is 0 Å². The minimum atomic E-state index is -0.803. The molecule has 6 nitrogen and oxygen atoms in total. The number of carbonyl (C=O) groups is 2. The van der Waals surface area contributed by atoms with Crippen molar-refractivity contribution in [1.82, 2.24) is 4.57 Å². The van der Waals surface area contributed by atoms with Gasteiger partial charge in [0.05, 0.1) is 18.2 Å². The number of aliphatic hydroxyl groups is 1. The number of Topliss-reactive ketones (excluding diaryl/α,β-unsaturated/α-hetero) is 1. The van der Waals surface area contributed by atoms with Crippen molar-refractivity contribution in [2.45, 2.75) is 33.7 Å². The first-order chi connectivity index (χ1) is 18.2. The number of carbonyl (C=O) groups excluding carboxylic acids is 2. The highest BCUT2D eigenvalue weighted by Gasteiger charge is 2.48. The van der Waals surface area contributed by atoms with Crippen molar-refractivity contribution < 1.29 is 19.4 Å². The molecule has 6 heteroatoms. The molecule has 1 atom stereocenters. The zero-order chi connectivity index (χ0) is 27.1. The van der Waals surface area contributed by atoms with Gasteiger partial charge in [0.15, 0.2) is 0 Å². The Bertz CT molecular complexity index is 1570. The molecule has 2 heterocycles. The first kappa shape index (κ1) is 25.3. The highest BCUT2D eigenvalue weighted by atomic mass is 16.5.